The van der Waals surface area contributed by atoms with Gasteiger partial charge in [0.05, 0.1) is 13.7 Å². The Kier molecular flexibility index (Phi) is 5.01. The molecule has 1 amide bonds. The first-order valence-electron chi connectivity index (χ1n) is 7.27. The average molecular weight is 277 g/mol. The van der Waals surface area contributed by atoms with Crippen LogP contribution in [0.1, 0.15) is 38.4 Å². The minimum absolute atomic E-state index is 0.0701. The van der Waals surface area contributed by atoms with Crippen LogP contribution in [0, 0.1) is 0 Å². The number of rotatable bonds is 5. The van der Waals surface area contributed by atoms with Gasteiger partial charge in [-0.15, -0.1) is 0 Å². The highest BCUT2D eigenvalue weighted by molar-refractivity contribution is 5.81. The second-order valence-corrected chi connectivity index (χ2v) is 5.08. The molecule has 2 rings (SSSR count). The number of methoxy groups -OCH3 is 1. The maximum atomic E-state index is 12.2. The fraction of sp³-hybridized carbons (Fsp3) is 0.562. The van der Waals surface area contributed by atoms with E-state index in [1.807, 2.05) is 36.1 Å². The van der Waals surface area contributed by atoms with Crippen molar-refractivity contribution < 1.29 is 14.3 Å². The molecule has 0 N–H and O–H groups in total. The molecule has 4 heteroatoms. The van der Waals surface area contributed by atoms with Gasteiger partial charge in [0.25, 0.3) is 5.91 Å². The summed E-state index contributed by atoms with van der Waals surface area (Å²) in [5.74, 6) is 0.937. The first-order valence-corrected chi connectivity index (χ1v) is 7.27. The Morgan fingerprint density at radius 2 is 2.20 bits per heavy atom. The second kappa shape index (κ2) is 6.75. The zero-order valence-corrected chi connectivity index (χ0v) is 12.5. The number of carbonyl (C=O) groups excluding carboxylic acids is 1. The van der Waals surface area contributed by atoms with Crippen LogP contribution < -0.4 is 4.74 Å². The Labute approximate surface area is 120 Å². The fourth-order valence-electron chi connectivity index (χ4n) is 2.56. The van der Waals surface area contributed by atoms with Gasteiger partial charge in [-0.05, 0) is 30.5 Å². The summed E-state index contributed by atoms with van der Waals surface area (Å²) in [6.07, 6.45) is 1.28. The molecular formula is C16H23NO3. The molecule has 1 aliphatic rings. The lowest BCUT2D eigenvalue weighted by molar-refractivity contribution is -0.163. The minimum Gasteiger partial charge on any atom is -0.497 e. The number of ether oxygens (including phenoxy) is 2. The number of amides is 1. The number of carbonyl (C=O) groups is 1. The molecule has 0 bridgehead atoms. The topological polar surface area (TPSA) is 38.8 Å². The van der Waals surface area contributed by atoms with Gasteiger partial charge in [-0.1, -0.05) is 26.0 Å². The van der Waals surface area contributed by atoms with E-state index in [0.29, 0.717) is 13.0 Å². The lowest BCUT2D eigenvalue weighted by Gasteiger charge is -2.37. The van der Waals surface area contributed by atoms with Crippen molar-refractivity contribution >= 4 is 5.91 Å². The van der Waals surface area contributed by atoms with E-state index in [9.17, 15) is 4.79 Å². The quantitative estimate of drug-likeness (QED) is 0.830. The maximum absolute atomic E-state index is 12.2. The molecule has 0 aliphatic carbocycles. The Morgan fingerprint density at radius 3 is 2.85 bits per heavy atom. The molecule has 1 aliphatic heterocycles. The van der Waals surface area contributed by atoms with Crippen molar-refractivity contribution in [3.05, 3.63) is 29.8 Å². The number of hydrogen-bond acceptors (Lipinski definition) is 3. The van der Waals surface area contributed by atoms with Crippen molar-refractivity contribution in [1.29, 1.82) is 0 Å². The second-order valence-electron chi connectivity index (χ2n) is 5.08. The number of hydrogen-bond donors (Lipinski definition) is 0. The van der Waals surface area contributed by atoms with Crippen molar-refractivity contribution in [3.63, 3.8) is 0 Å². The van der Waals surface area contributed by atoms with Crippen molar-refractivity contribution in [2.24, 2.45) is 0 Å². The molecule has 20 heavy (non-hydrogen) atoms. The monoisotopic (exact) mass is 277 g/mol. The molecule has 0 spiro atoms. The Hall–Kier alpha value is -1.55. The molecule has 1 aromatic carbocycles. The molecule has 0 saturated carbocycles. The van der Waals surface area contributed by atoms with Crippen LogP contribution >= 0.6 is 0 Å². The summed E-state index contributed by atoms with van der Waals surface area (Å²) in [6, 6.07) is 7.88. The van der Waals surface area contributed by atoms with E-state index in [1.165, 1.54) is 0 Å². The molecule has 1 fully saturated rings. The Bertz CT molecular complexity index is 461. The normalized spacial score (nSPS) is 22.9. The summed E-state index contributed by atoms with van der Waals surface area (Å²) in [5.41, 5.74) is 1.07. The van der Waals surface area contributed by atoms with Crippen LogP contribution in [0.25, 0.3) is 0 Å². The van der Waals surface area contributed by atoms with Crippen LogP contribution in [-0.2, 0) is 9.53 Å². The summed E-state index contributed by atoms with van der Waals surface area (Å²) in [7, 11) is 1.66. The highest BCUT2D eigenvalue weighted by Crippen LogP contribution is 2.29. The third-order valence-electron chi connectivity index (χ3n) is 3.63. The predicted molar refractivity (Wildman–Crippen MR) is 77.8 cm³/mol. The molecule has 2 atom stereocenters. The summed E-state index contributed by atoms with van der Waals surface area (Å²) in [4.78, 5) is 14.1. The fourth-order valence-corrected chi connectivity index (χ4v) is 2.56. The van der Waals surface area contributed by atoms with Crippen molar-refractivity contribution in [3.8, 4) is 5.75 Å². The van der Waals surface area contributed by atoms with Crippen molar-refractivity contribution in [2.75, 3.05) is 20.2 Å². The molecule has 4 nitrogen and oxygen atoms in total. The van der Waals surface area contributed by atoms with E-state index in [2.05, 4.69) is 6.92 Å². The smallest absolute Gasteiger partial charge is 0.251 e. The van der Waals surface area contributed by atoms with Gasteiger partial charge in [-0.25, -0.2) is 0 Å². The van der Waals surface area contributed by atoms with Crippen LogP contribution in [0.5, 0.6) is 5.75 Å². The Balaban J connectivity index is 2.20. The first kappa shape index (κ1) is 14.9. The predicted octanol–water partition coefficient (Wildman–Crippen LogP) is 2.78. The van der Waals surface area contributed by atoms with Gasteiger partial charge in [0, 0.05) is 6.54 Å². The van der Waals surface area contributed by atoms with Crippen LogP contribution in [0.2, 0.25) is 0 Å². The molecule has 0 radical (unpaired) electrons. The molecular weight excluding hydrogens is 254 g/mol. The standard InChI is InChI=1S/C16H23NO3/c1-4-9-17-11-15(20-14(5-2)16(17)18)12-7-6-8-13(10-12)19-3/h6-8,10,14-15H,4-5,9,11H2,1-3H3. The SMILES string of the molecule is CCCN1CC(c2cccc(OC)c2)OC(CC)C1=O. The van der Waals surface area contributed by atoms with Gasteiger partial charge in [-0.3, -0.25) is 4.79 Å². The van der Waals surface area contributed by atoms with Crippen LogP contribution in [0.3, 0.4) is 0 Å². The van der Waals surface area contributed by atoms with E-state index >= 15 is 0 Å². The zero-order chi connectivity index (χ0) is 14.5. The highest BCUT2D eigenvalue weighted by atomic mass is 16.5. The summed E-state index contributed by atoms with van der Waals surface area (Å²) < 4.78 is 11.2. The van der Waals surface area contributed by atoms with Crippen LogP contribution in [0.15, 0.2) is 24.3 Å². The van der Waals surface area contributed by atoms with Gasteiger partial charge < -0.3 is 14.4 Å². The van der Waals surface area contributed by atoms with Crippen LogP contribution in [-0.4, -0.2) is 37.1 Å². The van der Waals surface area contributed by atoms with E-state index < -0.39 is 0 Å². The van der Waals surface area contributed by atoms with Gasteiger partial charge in [0.1, 0.15) is 18.0 Å². The first-order chi connectivity index (χ1) is 9.69. The largest absolute Gasteiger partial charge is 0.497 e. The van der Waals surface area contributed by atoms with Gasteiger partial charge in [0.15, 0.2) is 0 Å². The van der Waals surface area contributed by atoms with Crippen LogP contribution in [0.4, 0.5) is 0 Å². The van der Waals surface area contributed by atoms with E-state index in [-0.39, 0.29) is 18.1 Å². The minimum atomic E-state index is -0.327. The third-order valence-corrected chi connectivity index (χ3v) is 3.63. The summed E-state index contributed by atoms with van der Waals surface area (Å²) in [6.45, 7) is 5.49. The van der Waals surface area contributed by atoms with E-state index in [1.54, 1.807) is 7.11 Å². The van der Waals surface area contributed by atoms with Gasteiger partial charge in [0.2, 0.25) is 0 Å². The molecule has 2 unspecified atom stereocenters. The number of nitrogens with zero attached hydrogens (tertiary/aromatic N) is 1. The van der Waals surface area contributed by atoms with E-state index in [4.69, 9.17) is 9.47 Å². The van der Waals surface area contributed by atoms with Crippen molar-refractivity contribution in [1.82, 2.24) is 4.90 Å². The lowest BCUT2D eigenvalue weighted by atomic mass is 10.0. The average Bonchev–Trinajstić information content (AvgIpc) is 2.49. The lowest BCUT2D eigenvalue weighted by Crippen LogP contribution is -2.48. The van der Waals surface area contributed by atoms with E-state index in [0.717, 1.165) is 24.3 Å². The number of benzene rings is 1. The summed E-state index contributed by atoms with van der Waals surface area (Å²) >= 11 is 0. The number of morpholine rings is 1. The summed E-state index contributed by atoms with van der Waals surface area (Å²) in [5, 5.41) is 0. The maximum Gasteiger partial charge on any atom is 0.251 e. The third kappa shape index (κ3) is 3.12. The molecule has 1 aromatic rings. The van der Waals surface area contributed by atoms with Gasteiger partial charge in [-0.2, -0.15) is 0 Å². The molecule has 0 aromatic heterocycles. The Morgan fingerprint density at radius 1 is 1.40 bits per heavy atom. The zero-order valence-electron chi connectivity index (χ0n) is 12.5. The van der Waals surface area contributed by atoms with Gasteiger partial charge >= 0.3 is 0 Å². The molecule has 1 saturated heterocycles. The molecule has 1 heterocycles. The van der Waals surface area contributed by atoms with Crippen molar-refractivity contribution in [2.45, 2.75) is 38.9 Å². The molecule has 110 valence electrons. The highest BCUT2D eigenvalue weighted by Gasteiger charge is 2.34.